The molecular formula is C17H22N4O2S. The minimum absolute atomic E-state index is 0.311. The number of aryl methyl sites for hydroxylation is 1. The summed E-state index contributed by atoms with van der Waals surface area (Å²) in [6, 6.07) is 7.56. The Morgan fingerprint density at radius 3 is 2.75 bits per heavy atom. The van der Waals surface area contributed by atoms with Crippen LogP contribution in [0, 0.1) is 6.92 Å². The van der Waals surface area contributed by atoms with E-state index >= 15 is 0 Å². The Balaban J connectivity index is 1.83. The van der Waals surface area contributed by atoms with Crippen LogP contribution in [0.4, 0.5) is 5.13 Å². The van der Waals surface area contributed by atoms with Crippen molar-refractivity contribution in [1.82, 2.24) is 10.4 Å². The van der Waals surface area contributed by atoms with Crippen molar-refractivity contribution in [2.75, 3.05) is 12.3 Å². The van der Waals surface area contributed by atoms with Crippen LogP contribution in [-0.4, -0.2) is 23.7 Å². The van der Waals surface area contributed by atoms with E-state index in [1.165, 1.54) is 12.8 Å². The number of benzene rings is 1. The Hall–Kier alpha value is -2.41. The first-order chi connectivity index (χ1) is 11.6. The molecule has 0 aliphatic rings. The van der Waals surface area contributed by atoms with E-state index in [0.717, 1.165) is 35.7 Å². The van der Waals surface area contributed by atoms with Gasteiger partial charge in [-0.1, -0.05) is 31.1 Å². The molecule has 1 aromatic heterocycles. The fraction of sp³-hybridized carbons (Fsp3) is 0.353. The van der Waals surface area contributed by atoms with Gasteiger partial charge in [-0.05, 0) is 43.2 Å². The van der Waals surface area contributed by atoms with E-state index in [0.29, 0.717) is 15.7 Å². The summed E-state index contributed by atoms with van der Waals surface area (Å²) in [5.74, 6) is 0.525. The molecule has 24 heavy (non-hydrogen) atoms. The van der Waals surface area contributed by atoms with Crippen molar-refractivity contribution >= 4 is 28.6 Å². The lowest BCUT2D eigenvalue weighted by molar-refractivity contribution is 0.0958. The van der Waals surface area contributed by atoms with Crippen molar-refractivity contribution in [3.63, 3.8) is 0 Å². The zero-order valence-electron chi connectivity index (χ0n) is 13.9. The highest BCUT2D eigenvalue weighted by atomic mass is 32.1. The number of nitrogens with zero attached hydrogens (tertiary/aromatic N) is 2. The van der Waals surface area contributed by atoms with Crippen molar-refractivity contribution in [3.8, 4) is 5.75 Å². The number of carbonyl (C=O) groups excluding carboxylic acids is 1. The SMILES string of the molecule is CCCCCOc1ccc(C=NNC(=O)c2sc(N)nc2C)cc1. The van der Waals surface area contributed by atoms with Crippen molar-refractivity contribution in [1.29, 1.82) is 0 Å². The molecule has 0 aliphatic heterocycles. The van der Waals surface area contributed by atoms with Crippen molar-refractivity contribution in [2.45, 2.75) is 33.1 Å². The number of amides is 1. The van der Waals surface area contributed by atoms with Gasteiger partial charge in [0.05, 0.1) is 18.5 Å². The van der Waals surface area contributed by atoms with Gasteiger partial charge in [0.15, 0.2) is 5.13 Å². The van der Waals surface area contributed by atoms with Crippen LogP contribution < -0.4 is 15.9 Å². The van der Waals surface area contributed by atoms with Gasteiger partial charge >= 0.3 is 0 Å². The summed E-state index contributed by atoms with van der Waals surface area (Å²) in [5, 5.41) is 4.33. The molecule has 1 aromatic carbocycles. The number of hydrogen-bond acceptors (Lipinski definition) is 6. The Labute approximate surface area is 145 Å². The standard InChI is InChI=1S/C17H22N4O2S/c1-3-4-5-10-23-14-8-6-13(7-9-14)11-19-21-16(22)15-12(2)20-17(18)24-15/h6-9,11H,3-5,10H2,1-2H3,(H2,18,20)(H,21,22). The summed E-state index contributed by atoms with van der Waals surface area (Å²) in [5.41, 5.74) is 9.54. The van der Waals surface area contributed by atoms with E-state index in [1.54, 1.807) is 13.1 Å². The van der Waals surface area contributed by atoms with E-state index in [2.05, 4.69) is 22.4 Å². The lowest BCUT2D eigenvalue weighted by atomic mass is 10.2. The van der Waals surface area contributed by atoms with Crippen molar-refractivity contribution in [3.05, 3.63) is 40.4 Å². The fourth-order valence-electron chi connectivity index (χ4n) is 2.04. The number of unbranched alkanes of at least 4 members (excludes halogenated alkanes) is 2. The molecule has 0 atom stereocenters. The van der Waals surface area contributed by atoms with Crippen LogP contribution in [0.1, 0.15) is 47.1 Å². The van der Waals surface area contributed by atoms with E-state index in [1.807, 2.05) is 24.3 Å². The summed E-state index contributed by atoms with van der Waals surface area (Å²) in [6.45, 7) is 4.64. The molecular weight excluding hydrogens is 324 g/mol. The van der Waals surface area contributed by atoms with Crippen LogP contribution in [0.2, 0.25) is 0 Å². The zero-order chi connectivity index (χ0) is 17.4. The number of carbonyl (C=O) groups is 1. The molecule has 0 fully saturated rings. The number of nitrogens with two attached hydrogens (primary N) is 1. The van der Waals surface area contributed by atoms with E-state index in [9.17, 15) is 4.79 Å². The largest absolute Gasteiger partial charge is 0.494 e. The van der Waals surface area contributed by atoms with E-state index in [-0.39, 0.29) is 5.91 Å². The number of anilines is 1. The summed E-state index contributed by atoms with van der Waals surface area (Å²) >= 11 is 1.15. The third kappa shape index (κ3) is 5.34. The molecule has 0 radical (unpaired) electrons. The number of rotatable bonds is 8. The second-order valence-electron chi connectivity index (χ2n) is 5.29. The van der Waals surface area contributed by atoms with E-state index < -0.39 is 0 Å². The Bertz CT molecular complexity index is 695. The normalized spacial score (nSPS) is 10.9. The maximum absolute atomic E-state index is 12.0. The summed E-state index contributed by atoms with van der Waals surface area (Å²) in [4.78, 5) is 16.5. The number of hydrazone groups is 1. The number of nitrogen functional groups attached to an aromatic ring is 1. The number of thiazole rings is 1. The van der Waals surface area contributed by atoms with Gasteiger partial charge in [-0.3, -0.25) is 4.79 Å². The average Bonchev–Trinajstić information content (AvgIpc) is 2.91. The first-order valence-corrected chi connectivity index (χ1v) is 8.71. The predicted octanol–water partition coefficient (Wildman–Crippen LogP) is 3.37. The summed E-state index contributed by atoms with van der Waals surface area (Å²) in [7, 11) is 0. The lowest BCUT2D eigenvalue weighted by Gasteiger charge is -2.05. The second-order valence-corrected chi connectivity index (χ2v) is 6.32. The number of ether oxygens (including phenoxy) is 1. The zero-order valence-corrected chi connectivity index (χ0v) is 14.7. The molecule has 128 valence electrons. The summed E-state index contributed by atoms with van der Waals surface area (Å²) in [6.07, 6.45) is 5.00. The molecule has 2 aromatic rings. The molecule has 0 saturated carbocycles. The highest BCUT2D eigenvalue weighted by molar-refractivity contribution is 7.17. The van der Waals surface area contributed by atoms with Crippen LogP contribution in [0.5, 0.6) is 5.75 Å². The molecule has 1 amide bonds. The Kier molecular flexibility index (Phi) is 6.74. The first-order valence-electron chi connectivity index (χ1n) is 7.89. The molecule has 3 N–H and O–H groups in total. The van der Waals surface area contributed by atoms with Gasteiger partial charge in [0.25, 0.3) is 5.91 Å². The topological polar surface area (TPSA) is 89.6 Å². The second kappa shape index (κ2) is 9.02. The van der Waals surface area contributed by atoms with Crippen LogP contribution in [0.15, 0.2) is 29.4 Å². The predicted molar refractivity (Wildman–Crippen MR) is 97.8 cm³/mol. The summed E-state index contributed by atoms with van der Waals surface area (Å²) < 4.78 is 5.65. The van der Waals surface area contributed by atoms with Gasteiger partial charge < -0.3 is 10.5 Å². The van der Waals surface area contributed by atoms with Gasteiger partial charge in [0.2, 0.25) is 0 Å². The van der Waals surface area contributed by atoms with Gasteiger partial charge in [0, 0.05) is 0 Å². The Morgan fingerprint density at radius 2 is 2.12 bits per heavy atom. The van der Waals surface area contributed by atoms with Crippen molar-refractivity contribution < 1.29 is 9.53 Å². The van der Waals surface area contributed by atoms with Crippen LogP contribution in [-0.2, 0) is 0 Å². The smallest absolute Gasteiger partial charge is 0.283 e. The molecule has 1 heterocycles. The van der Waals surface area contributed by atoms with Gasteiger partial charge in [0.1, 0.15) is 10.6 Å². The maximum atomic E-state index is 12.0. The number of nitrogens with one attached hydrogen (secondary N) is 1. The molecule has 0 bridgehead atoms. The third-order valence-electron chi connectivity index (χ3n) is 3.30. The minimum atomic E-state index is -0.311. The molecule has 0 aliphatic carbocycles. The lowest BCUT2D eigenvalue weighted by Crippen LogP contribution is -2.17. The highest BCUT2D eigenvalue weighted by Gasteiger charge is 2.13. The quantitative estimate of drug-likeness (QED) is 0.436. The van der Waals surface area contributed by atoms with Crippen LogP contribution >= 0.6 is 11.3 Å². The van der Waals surface area contributed by atoms with Gasteiger partial charge in [-0.15, -0.1) is 0 Å². The van der Waals surface area contributed by atoms with Gasteiger partial charge in [-0.2, -0.15) is 5.10 Å². The van der Waals surface area contributed by atoms with Gasteiger partial charge in [-0.25, -0.2) is 10.4 Å². The van der Waals surface area contributed by atoms with Crippen LogP contribution in [0.3, 0.4) is 0 Å². The monoisotopic (exact) mass is 346 g/mol. The minimum Gasteiger partial charge on any atom is -0.494 e. The molecule has 7 heteroatoms. The molecule has 2 rings (SSSR count). The Morgan fingerprint density at radius 1 is 1.38 bits per heavy atom. The fourth-order valence-corrected chi connectivity index (χ4v) is 2.76. The van der Waals surface area contributed by atoms with Crippen molar-refractivity contribution in [2.24, 2.45) is 5.10 Å². The molecule has 0 saturated heterocycles. The highest BCUT2D eigenvalue weighted by Crippen LogP contribution is 2.19. The average molecular weight is 346 g/mol. The molecule has 0 unspecified atom stereocenters. The first kappa shape index (κ1) is 17.9. The molecule has 0 spiro atoms. The number of hydrogen-bond donors (Lipinski definition) is 2. The number of aromatic nitrogens is 1. The maximum Gasteiger partial charge on any atom is 0.283 e. The third-order valence-corrected chi connectivity index (χ3v) is 4.28. The molecule has 6 nitrogen and oxygen atoms in total. The van der Waals surface area contributed by atoms with Crippen LogP contribution in [0.25, 0.3) is 0 Å². The van der Waals surface area contributed by atoms with E-state index in [4.69, 9.17) is 10.5 Å².